The number of hydrogen-bond donors (Lipinski definition) is 1. The summed E-state index contributed by atoms with van der Waals surface area (Å²) in [6, 6.07) is 1.95. The van der Waals surface area contributed by atoms with Crippen LogP contribution in [0.25, 0.3) is 0 Å². The Balaban J connectivity index is 2.26. The van der Waals surface area contributed by atoms with Crippen LogP contribution in [0.3, 0.4) is 0 Å². The van der Waals surface area contributed by atoms with E-state index in [9.17, 15) is 17.6 Å². The van der Waals surface area contributed by atoms with E-state index in [1.807, 2.05) is 0 Å². The fraction of sp³-hybridized carbons (Fsp3) is 0.417. The van der Waals surface area contributed by atoms with Gasteiger partial charge in [0.15, 0.2) is 5.82 Å². The number of hydrogen-bond acceptors (Lipinski definition) is 3. The molecule has 2 rings (SSSR count). The van der Waals surface area contributed by atoms with Crippen LogP contribution in [-0.2, 0) is 9.05 Å². The van der Waals surface area contributed by atoms with Crippen LogP contribution in [0.5, 0.6) is 0 Å². The summed E-state index contributed by atoms with van der Waals surface area (Å²) in [6.07, 6.45) is 1.01. The molecule has 110 valence electrons. The van der Waals surface area contributed by atoms with Gasteiger partial charge in [0.25, 0.3) is 15.0 Å². The maximum atomic E-state index is 14.0. The zero-order chi connectivity index (χ0) is 15.1. The first-order chi connectivity index (χ1) is 9.20. The van der Waals surface area contributed by atoms with Crippen molar-refractivity contribution in [1.29, 1.82) is 0 Å². The molecule has 0 bridgehead atoms. The van der Waals surface area contributed by atoms with Gasteiger partial charge in [-0.2, -0.15) is 0 Å². The van der Waals surface area contributed by atoms with E-state index in [1.165, 1.54) is 0 Å². The molecule has 1 fully saturated rings. The molecule has 8 heteroatoms. The maximum absolute atomic E-state index is 14.0. The Labute approximate surface area is 125 Å². The number of carbonyl (C=O) groups is 1. The van der Waals surface area contributed by atoms with Gasteiger partial charge < -0.3 is 5.32 Å². The number of rotatable bonds is 4. The van der Waals surface area contributed by atoms with E-state index in [1.54, 1.807) is 0 Å². The molecule has 0 radical (unpaired) electrons. The number of nitrogens with one attached hydrogen (secondary N) is 1. The molecule has 1 aliphatic rings. The molecule has 0 aromatic heterocycles. The Hall–Kier alpha value is -0.850. The SMILES string of the molecule is CC1CC1CNC(=O)c1cc(Cl)cc(S(=O)(=O)Cl)c1F. The normalized spacial score (nSPS) is 21.6. The monoisotopic (exact) mass is 339 g/mol. The molecule has 1 aromatic rings. The second-order valence-electron chi connectivity index (χ2n) is 4.89. The lowest BCUT2D eigenvalue weighted by Gasteiger charge is -2.08. The molecule has 2 atom stereocenters. The topological polar surface area (TPSA) is 63.2 Å². The van der Waals surface area contributed by atoms with E-state index in [-0.39, 0.29) is 5.02 Å². The summed E-state index contributed by atoms with van der Waals surface area (Å²) in [4.78, 5) is 11.1. The minimum absolute atomic E-state index is 0.0736. The largest absolute Gasteiger partial charge is 0.352 e. The van der Waals surface area contributed by atoms with Crippen LogP contribution in [0.2, 0.25) is 5.02 Å². The second kappa shape index (κ2) is 5.50. The van der Waals surface area contributed by atoms with Gasteiger partial charge in [-0.25, -0.2) is 12.8 Å². The van der Waals surface area contributed by atoms with E-state index in [4.69, 9.17) is 22.3 Å². The zero-order valence-electron chi connectivity index (χ0n) is 10.5. The summed E-state index contributed by atoms with van der Waals surface area (Å²) in [6.45, 7) is 2.48. The van der Waals surface area contributed by atoms with Crippen LogP contribution in [0.15, 0.2) is 17.0 Å². The van der Waals surface area contributed by atoms with Gasteiger partial charge in [0.2, 0.25) is 0 Å². The third-order valence-electron chi connectivity index (χ3n) is 3.31. The molecule has 1 aliphatic carbocycles. The Morgan fingerprint density at radius 2 is 2.10 bits per heavy atom. The maximum Gasteiger partial charge on any atom is 0.264 e. The highest BCUT2D eigenvalue weighted by Crippen LogP contribution is 2.36. The minimum atomic E-state index is -4.31. The third kappa shape index (κ3) is 3.42. The van der Waals surface area contributed by atoms with Gasteiger partial charge in [-0.15, -0.1) is 0 Å². The van der Waals surface area contributed by atoms with Gasteiger partial charge in [0.1, 0.15) is 4.90 Å². The number of carbonyl (C=O) groups excluding carboxylic acids is 1. The first-order valence-electron chi connectivity index (χ1n) is 5.92. The molecule has 20 heavy (non-hydrogen) atoms. The van der Waals surface area contributed by atoms with Crippen molar-refractivity contribution in [2.45, 2.75) is 18.2 Å². The average Bonchev–Trinajstić information content (AvgIpc) is 3.03. The second-order valence-corrected chi connectivity index (χ2v) is 7.86. The van der Waals surface area contributed by atoms with Gasteiger partial charge in [-0.05, 0) is 30.4 Å². The van der Waals surface area contributed by atoms with E-state index in [2.05, 4.69) is 12.2 Å². The lowest BCUT2D eigenvalue weighted by molar-refractivity contribution is 0.0947. The summed E-state index contributed by atoms with van der Waals surface area (Å²) in [5.41, 5.74) is -0.426. The highest BCUT2D eigenvalue weighted by atomic mass is 35.7. The zero-order valence-corrected chi connectivity index (χ0v) is 12.8. The lowest BCUT2D eigenvalue weighted by atomic mass is 10.2. The van der Waals surface area contributed by atoms with Gasteiger partial charge in [-0.3, -0.25) is 4.79 Å². The molecule has 2 unspecified atom stereocenters. The third-order valence-corrected chi connectivity index (χ3v) is 4.85. The quantitative estimate of drug-likeness (QED) is 0.858. The number of amides is 1. The lowest BCUT2D eigenvalue weighted by Crippen LogP contribution is -2.27. The van der Waals surface area contributed by atoms with Crippen LogP contribution < -0.4 is 5.32 Å². The Bertz CT molecular complexity index is 663. The summed E-state index contributed by atoms with van der Waals surface area (Å²) in [5, 5.41) is 2.49. The predicted octanol–water partition coefficient (Wildman–Crippen LogP) is 2.79. The van der Waals surface area contributed by atoms with Gasteiger partial charge >= 0.3 is 0 Å². The molecule has 0 spiro atoms. The van der Waals surface area contributed by atoms with Crippen molar-refractivity contribution in [2.24, 2.45) is 11.8 Å². The van der Waals surface area contributed by atoms with Crippen LogP contribution in [0, 0.1) is 17.7 Å². The van der Waals surface area contributed by atoms with Crippen molar-refractivity contribution >= 4 is 37.2 Å². The van der Waals surface area contributed by atoms with Crippen molar-refractivity contribution in [2.75, 3.05) is 6.54 Å². The van der Waals surface area contributed by atoms with Crippen LogP contribution >= 0.6 is 22.3 Å². The minimum Gasteiger partial charge on any atom is -0.352 e. The van der Waals surface area contributed by atoms with Crippen LogP contribution in [0.4, 0.5) is 4.39 Å². The molecule has 0 aliphatic heterocycles. The van der Waals surface area contributed by atoms with Gasteiger partial charge in [0, 0.05) is 22.2 Å². The van der Waals surface area contributed by atoms with Gasteiger partial charge in [-0.1, -0.05) is 18.5 Å². The number of halogens is 3. The molecule has 1 N–H and O–H groups in total. The van der Waals surface area contributed by atoms with Crippen molar-refractivity contribution in [3.05, 3.63) is 28.5 Å². The van der Waals surface area contributed by atoms with E-state index in [0.29, 0.717) is 18.4 Å². The van der Waals surface area contributed by atoms with Crippen molar-refractivity contribution in [3.63, 3.8) is 0 Å². The summed E-state index contributed by atoms with van der Waals surface area (Å²) in [7, 11) is 0.804. The van der Waals surface area contributed by atoms with Crippen molar-refractivity contribution < 1.29 is 17.6 Å². The van der Waals surface area contributed by atoms with Crippen molar-refractivity contribution in [3.8, 4) is 0 Å². The van der Waals surface area contributed by atoms with Gasteiger partial charge in [0.05, 0.1) is 5.56 Å². The summed E-state index contributed by atoms with van der Waals surface area (Å²) in [5.74, 6) is -0.966. The summed E-state index contributed by atoms with van der Waals surface area (Å²) < 4.78 is 36.5. The average molecular weight is 340 g/mol. The van der Waals surface area contributed by atoms with Crippen LogP contribution in [0.1, 0.15) is 23.7 Å². The summed E-state index contributed by atoms with van der Waals surface area (Å²) >= 11 is 5.70. The Morgan fingerprint density at radius 3 is 2.60 bits per heavy atom. The Kier molecular flexibility index (Phi) is 4.27. The highest BCUT2D eigenvalue weighted by molar-refractivity contribution is 8.13. The van der Waals surface area contributed by atoms with E-state index >= 15 is 0 Å². The number of benzene rings is 1. The van der Waals surface area contributed by atoms with E-state index < -0.39 is 31.2 Å². The first kappa shape index (κ1) is 15.5. The standard InChI is InChI=1S/C12H12Cl2FNO3S/c1-6-2-7(6)5-16-12(17)9-3-8(13)4-10(11(9)15)20(14,18)19/h3-4,6-7H,2,5H2,1H3,(H,16,17). The molecular formula is C12H12Cl2FNO3S. The fourth-order valence-corrected chi connectivity index (χ4v) is 3.12. The molecule has 1 aromatic carbocycles. The molecule has 0 saturated heterocycles. The van der Waals surface area contributed by atoms with E-state index in [0.717, 1.165) is 18.6 Å². The van der Waals surface area contributed by atoms with Crippen LogP contribution in [-0.4, -0.2) is 20.9 Å². The molecule has 1 saturated carbocycles. The molecular weight excluding hydrogens is 328 g/mol. The Morgan fingerprint density at radius 1 is 1.50 bits per heavy atom. The smallest absolute Gasteiger partial charge is 0.264 e. The predicted molar refractivity (Wildman–Crippen MR) is 74.1 cm³/mol. The molecule has 4 nitrogen and oxygen atoms in total. The van der Waals surface area contributed by atoms with Crippen molar-refractivity contribution in [1.82, 2.24) is 5.32 Å². The highest BCUT2D eigenvalue weighted by Gasteiger charge is 2.33. The fourth-order valence-electron chi connectivity index (χ4n) is 1.91. The first-order valence-corrected chi connectivity index (χ1v) is 8.60. The molecule has 1 amide bonds. The molecule has 0 heterocycles.